The third-order valence-corrected chi connectivity index (χ3v) is 5.04. The Morgan fingerprint density at radius 2 is 1.76 bits per heavy atom. The summed E-state index contributed by atoms with van der Waals surface area (Å²) in [5.41, 5.74) is 2.05. The number of hydrogen-bond donors (Lipinski definition) is 2. The number of aromatic hydroxyl groups is 1. The summed E-state index contributed by atoms with van der Waals surface area (Å²) in [6.45, 7) is 4.32. The minimum Gasteiger partial charge on any atom is -0.508 e. The van der Waals surface area contributed by atoms with Gasteiger partial charge in [0, 0.05) is 25.5 Å². The molecule has 0 atom stereocenters. The Morgan fingerprint density at radius 3 is 2.48 bits per heavy atom. The Morgan fingerprint density at radius 1 is 1.00 bits per heavy atom. The molecule has 1 fully saturated rings. The fourth-order valence-electron chi connectivity index (χ4n) is 3.45. The molecule has 2 N–H and O–H groups in total. The predicted octanol–water partition coefficient (Wildman–Crippen LogP) is 3.70. The molecule has 2 aromatic carbocycles. The molecule has 1 saturated heterocycles. The van der Waals surface area contributed by atoms with E-state index in [9.17, 15) is 9.90 Å². The van der Waals surface area contributed by atoms with Crippen molar-refractivity contribution in [3.8, 4) is 17.2 Å². The normalized spacial score (nSPS) is 14.1. The van der Waals surface area contributed by atoms with Crippen LogP contribution in [-0.2, 0) is 11.2 Å². The summed E-state index contributed by atoms with van der Waals surface area (Å²) in [7, 11) is 0. The Hall–Kier alpha value is -2.73. The number of carboxylic acids is 1. The lowest BCUT2D eigenvalue weighted by molar-refractivity contribution is -0.137. The number of carbonyl (C=O) groups is 1. The molecule has 0 bridgehead atoms. The van der Waals surface area contributed by atoms with Crippen LogP contribution in [0.25, 0.3) is 0 Å². The van der Waals surface area contributed by atoms with Gasteiger partial charge in [0.2, 0.25) is 0 Å². The summed E-state index contributed by atoms with van der Waals surface area (Å²) in [5.74, 6) is 0.737. The molecular weight excluding hydrogens is 370 g/mol. The van der Waals surface area contributed by atoms with E-state index in [1.54, 1.807) is 12.1 Å². The Kier molecular flexibility index (Phi) is 7.76. The van der Waals surface area contributed by atoms with Gasteiger partial charge < -0.3 is 19.7 Å². The number of carboxylic acid groups (broad SMARTS) is 1. The van der Waals surface area contributed by atoms with Crippen molar-refractivity contribution in [2.75, 3.05) is 32.8 Å². The van der Waals surface area contributed by atoms with Crippen molar-refractivity contribution < 1.29 is 24.5 Å². The van der Waals surface area contributed by atoms with Gasteiger partial charge in [0.1, 0.15) is 23.9 Å². The van der Waals surface area contributed by atoms with Gasteiger partial charge in [-0.05, 0) is 61.7 Å². The number of phenolic OH excluding ortho intramolecular Hbond substituents is 1. The van der Waals surface area contributed by atoms with E-state index in [2.05, 4.69) is 4.90 Å². The topological polar surface area (TPSA) is 79.2 Å². The first-order valence-electron chi connectivity index (χ1n) is 10.2. The maximum atomic E-state index is 10.6. The fraction of sp³-hybridized carbons (Fsp3) is 0.435. The van der Waals surface area contributed by atoms with Gasteiger partial charge in [-0.1, -0.05) is 18.2 Å². The lowest BCUT2D eigenvalue weighted by atomic mass is 10.0. The van der Waals surface area contributed by atoms with Gasteiger partial charge in [0.05, 0.1) is 6.61 Å². The minimum absolute atomic E-state index is 0.0629. The zero-order chi connectivity index (χ0) is 20.5. The highest BCUT2D eigenvalue weighted by atomic mass is 16.5. The van der Waals surface area contributed by atoms with Crippen molar-refractivity contribution in [3.63, 3.8) is 0 Å². The highest BCUT2D eigenvalue weighted by molar-refractivity contribution is 5.66. The molecule has 0 amide bonds. The molecule has 6 nitrogen and oxygen atoms in total. The lowest BCUT2D eigenvalue weighted by Gasteiger charge is -2.15. The maximum absolute atomic E-state index is 10.6. The molecule has 156 valence electrons. The minimum atomic E-state index is -0.840. The number of nitrogens with zero attached hydrogens (tertiary/aromatic N) is 1. The summed E-state index contributed by atoms with van der Waals surface area (Å²) >= 11 is 0. The van der Waals surface area contributed by atoms with Gasteiger partial charge in [0.15, 0.2) is 0 Å². The van der Waals surface area contributed by atoms with Crippen LogP contribution in [0, 0.1) is 0 Å². The molecule has 1 heterocycles. The van der Waals surface area contributed by atoms with Crippen molar-refractivity contribution in [1.82, 2.24) is 4.90 Å². The molecule has 0 radical (unpaired) electrons. The molecular formula is C23H29NO5. The second-order valence-corrected chi connectivity index (χ2v) is 7.36. The van der Waals surface area contributed by atoms with Crippen LogP contribution in [0.1, 0.15) is 36.8 Å². The quantitative estimate of drug-likeness (QED) is 0.561. The van der Waals surface area contributed by atoms with Gasteiger partial charge in [-0.15, -0.1) is 0 Å². The predicted molar refractivity (Wildman–Crippen MR) is 111 cm³/mol. The standard InChI is InChI=1S/C23H29NO5/c25-20-8-7-19(22(17-20)29-14-3-4-23(26)27)16-18-5-9-21(10-6-18)28-15-13-24-11-1-2-12-24/h5-10,17,25H,1-4,11-16H2,(H,26,27). The summed E-state index contributed by atoms with van der Waals surface area (Å²) in [6, 6.07) is 13.1. The highest BCUT2D eigenvalue weighted by Crippen LogP contribution is 2.27. The van der Waals surface area contributed by atoms with Gasteiger partial charge in [-0.2, -0.15) is 0 Å². The molecule has 0 unspecified atom stereocenters. The van der Waals surface area contributed by atoms with Crippen LogP contribution in [0.15, 0.2) is 42.5 Å². The second-order valence-electron chi connectivity index (χ2n) is 7.36. The molecule has 1 aliphatic rings. The second kappa shape index (κ2) is 10.7. The van der Waals surface area contributed by atoms with Crippen molar-refractivity contribution in [2.45, 2.75) is 32.1 Å². The van der Waals surface area contributed by atoms with Crippen molar-refractivity contribution in [2.24, 2.45) is 0 Å². The first-order valence-corrected chi connectivity index (χ1v) is 10.2. The number of rotatable bonds is 11. The van der Waals surface area contributed by atoms with E-state index >= 15 is 0 Å². The Balaban J connectivity index is 1.52. The molecule has 3 rings (SSSR count). The summed E-state index contributed by atoms with van der Waals surface area (Å²) in [6.07, 6.45) is 3.72. The van der Waals surface area contributed by atoms with Gasteiger partial charge >= 0.3 is 5.97 Å². The molecule has 0 spiro atoms. The summed E-state index contributed by atoms with van der Waals surface area (Å²) in [5, 5.41) is 18.5. The van der Waals surface area contributed by atoms with Crippen molar-refractivity contribution >= 4 is 5.97 Å². The molecule has 1 aliphatic heterocycles. The van der Waals surface area contributed by atoms with Crippen LogP contribution in [0.2, 0.25) is 0 Å². The molecule has 2 aromatic rings. The molecule has 6 heteroatoms. The SMILES string of the molecule is O=C(O)CCCOc1cc(O)ccc1Cc1ccc(OCCN2CCCC2)cc1. The highest BCUT2D eigenvalue weighted by Gasteiger charge is 2.11. The average Bonchev–Trinajstić information content (AvgIpc) is 3.22. The van der Waals surface area contributed by atoms with Crippen molar-refractivity contribution in [3.05, 3.63) is 53.6 Å². The number of likely N-dealkylation sites (tertiary alicyclic amines) is 1. The van der Waals surface area contributed by atoms with E-state index < -0.39 is 5.97 Å². The zero-order valence-corrected chi connectivity index (χ0v) is 16.7. The number of ether oxygens (including phenoxy) is 2. The number of benzene rings is 2. The van der Waals surface area contributed by atoms with E-state index in [-0.39, 0.29) is 12.2 Å². The third kappa shape index (κ3) is 6.98. The van der Waals surface area contributed by atoms with Crippen LogP contribution in [-0.4, -0.2) is 53.9 Å². The van der Waals surface area contributed by atoms with Crippen LogP contribution >= 0.6 is 0 Å². The van der Waals surface area contributed by atoms with Crippen LogP contribution in [0.3, 0.4) is 0 Å². The number of aliphatic carboxylic acids is 1. The van der Waals surface area contributed by atoms with Gasteiger partial charge in [-0.3, -0.25) is 9.69 Å². The maximum Gasteiger partial charge on any atom is 0.303 e. The monoisotopic (exact) mass is 399 g/mol. The molecule has 0 aliphatic carbocycles. The first-order chi connectivity index (χ1) is 14.1. The average molecular weight is 399 g/mol. The Bertz CT molecular complexity index is 784. The Labute approximate surface area is 171 Å². The van der Waals surface area contributed by atoms with E-state index in [1.165, 1.54) is 25.9 Å². The smallest absolute Gasteiger partial charge is 0.303 e. The van der Waals surface area contributed by atoms with E-state index in [4.69, 9.17) is 14.6 Å². The van der Waals surface area contributed by atoms with E-state index in [0.29, 0.717) is 31.8 Å². The van der Waals surface area contributed by atoms with Crippen LogP contribution in [0.5, 0.6) is 17.2 Å². The number of hydrogen-bond acceptors (Lipinski definition) is 5. The van der Waals surface area contributed by atoms with E-state index in [0.717, 1.165) is 23.4 Å². The van der Waals surface area contributed by atoms with Crippen LogP contribution < -0.4 is 9.47 Å². The summed E-state index contributed by atoms with van der Waals surface area (Å²) < 4.78 is 11.6. The zero-order valence-electron chi connectivity index (χ0n) is 16.7. The third-order valence-electron chi connectivity index (χ3n) is 5.04. The molecule has 0 aromatic heterocycles. The van der Waals surface area contributed by atoms with Crippen molar-refractivity contribution in [1.29, 1.82) is 0 Å². The molecule has 0 saturated carbocycles. The van der Waals surface area contributed by atoms with Gasteiger partial charge in [-0.25, -0.2) is 0 Å². The van der Waals surface area contributed by atoms with Crippen LogP contribution in [0.4, 0.5) is 0 Å². The first kappa shape index (κ1) is 21.0. The van der Waals surface area contributed by atoms with E-state index in [1.807, 2.05) is 30.3 Å². The summed E-state index contributed by atoms with van der Waals surface area (Å²) in [4.78, 5) is 13.1. The number of phenols is 1. The van der Waals surface area contributed by atoms with Gasteiger partial charge in [0.25, 0.3) is 0 Å². The molecule has 29 heavy (non-hydrogen) atoms. The lowest BCUT2D eigenvalue weighted by Crippen LogP contribution is -2.25. The largest absolute Gasteiger partial charge is 0.508 e. The fourth-order valence-corrected chi connectivity index (χ4v) is 3.45.